The molecule has 0 fully saturated rings. The van der Waals surface area contributed by atoms with E-state index in [1.807, 2.05) is 22.4 Å². The first-order chi connectivity index (χ1) is 10.1. The molecule has 0 aliphatic rings. The van der Waals surface area contributed by atoms with Gasteiger partial charge in [0.05, 0.1) is 18.1 Å². The molecule has 1 aromatic carbocycles. The largest absolute Gasteiger partial charge is 0.494 e. The second kappa shape index (κ2) is 5.33. The standard InChI is InChI=1S/C14H15FN4OS/c1-18-6-4-16-13(18)3-5-19-11-8-12(20-2)9(15)7-10(11)17-14(19)21/h4,6-8H,3,5H2,1-2H3,(H,17,21). The van der Waals surface area contributed by atoms with E-state index in [9.17, 15) is 4.39 Å². The van der Waals surface area contributed by atoms with Gasteiger partial charge in [-0.05, 0) is 12.2 Å². The molecule has 0 unspecified atom stereocenters. The number of rotatable bonds is 4. The Morgan fingerprint density at radius 2 is 2.24 bits per heavy atom. The van der Waals surface area contributed by atoms with E-state index in [0.29, 0.717) is 16.8 Å². The Balaban J connectivity index is 1.99. The molecule has 0 aliphatic heterocycles. The van der Waals surface area contributed by atoms with Crippen molar-refractivity contribution in [3.05, 3.63) is 40.9 Å². The van der Waals surface area contributed by atoms with Crippen LogP contribution in [0.25, 0.3) is 11.0 Å². The molecular weight excluding hydrogens is 291 g/mol. The minimum atomic E-state index is -0.405. The maximum absolute atomic E-state index is 13.7. The lowest BCUT2D eigenvalue weighted by molar-refractivity contribution is 0.387. The Labute approximate surface area is 126 Å². The fourth-order valence-electron chi connectivity index (χ4n) is 2.39. The highest BCUT2D eigenvalue weighted by Gasteiger charge is 2.11. The lowest BCUT2D eigenvalue weighted by atomic mass is 10.2. The molecule has 0 radical (unpaired) electrons. The topological polar surface area (TPSA) is 47.8 Å². The van der Waals surface area contributed by atoms with Gasteiger partial charge in [-0.15, -0.1) is 0 Å². The van der Waals surface area contributed by atoms with Crippen molar-refractivity contribution >= 4 is 23.3 Å². The fraction of sp³-hybridized carbons (Fsp3) is 0.286. The molecule has 110 valence electrons. The van der Waals surface area contributed by atoms with Crippen molar-refractivity contribution in [3.8, 4) is 5.75 Å². The van der Waals surface area contributed by atoms with Gasteiger partial charge in [0.1, 0.15) is 5.82 Å². The van der Waals surface area contributed by atoms with Crippen LogP contribution in [0, 0.1) is 10.6 Å². The zero-order valence-electron chi connectivity index (χ0n) is 11.8. The Kier molecular flexibility index (Phi) is 3.50. The van der Waals surface area contributed by atoms with Gasteiger partial charge in [0, 0.05) is 44.5 Å². The number of methoxy groups -OCH3 is 1. The highest BCUT2D eigenvalue weighted by molar-refractivity contribution is 7.71. The maximum Gasteiger partial charge on any atom is 0.178 e. The van der Waals surface area contributed by atoms with Crippen molar-refractivity contribution in [1.82, 2.24) is 19.1 Å². The van der Waals surface area contributed by atoms with Crippen LogP contribution in [0.5, 0.6) is 5.75 Å². The number of H-pyrrole nitrogens is 1. The fourth-order valence-corrected chi connectivity index (χ4v) is 2.69. The Hall–Kier alpha value is -2.15. The first-order valence-corrected chi connectivity index (χ1v) is 6.93. The van der Waals surface area contributed by atoms with Crippen LogP contribution >= 0.6 is 12.2 Å². The average molecular weight is 306 g/mol. The summed E-state index contributed by atoms with van der Waals surface area (Å²) in [4.78, 5) is 7.31. The van der Waals surface area contributed by atoms with Crippen LogP contribution < -0.4 is 4.74 Å². The third-order valence-electron chi connectivity index (χ3n) is 3.53. The van der Waals surface area contributed by atoms with Gasteiger partial charge in [0.25, 0.3) is 0 Å². The van der Waals surface area contributed by atoms with Gasteiger partial charge in [-0.3, -0.25) is 0 Å². The van der Waals surface area contributed by atoms with Crippen molar-refractivity contribution in [3.63, 3.8) is 0 Å². The first-order valence-electron chi connectivity index (χ1n) is 6.52. The molecule has 7 heteroatoms. The molecule has 3 rings (SSSR count). The van der Waals surface area contributed by atoms with E-state index < -0.39 is 5.82 Å². The predicted octanol–water partition coefficient (Wildman–Crippen LogP) is 2.82. The van der Waals surface area contributed by atoms with Crippen LogP contribution in [-0.4, -0.2) is 26.2 Å². The maximum atomic E-state index is 13.7. The molecule has 5 nitrogen and oxygen atoms in total. The molecule has 0 spiro atoms. The number of fused-ring (bicyclic) bond motifs is 1. The Morgan fingerprint density at radius 3 is 2.90 bits per heavy atom. The Bertz CT molecular complexity index is 848. The van der Waals surface area contributed by atoms with E-state index in [0.717, 1.165) is 17.8 Å². The Morgan fingerprint density at radius 1 is 1.43 bits per heavy atom. The van der Waals surface area contributed by atoms with Crippen LogP contribution in [0.3, 0.4) is 0 Å². The molecule has 2 aromatic heterocycles. The van der Waals surface area contributed by atoms with E-state index in [-0.39, 0.29) is 5.75 Å². The summed E-state index contributed by atoms with van der Waals surface area (Å²) in [6.07, 6.45) is 4.41. The van der Waals surface area contributed by atoms with Crippen LogP contribution in [0.1, 0.15) is 5.82 Å². The van der Waals surface area contributed by atoms with Crippen LogP contribution in [0.15, 0.2) is 24.5 Å². The van der Waals surface area contributed by atoms with Gasteiger partial charge < -0.3 is 18.9 Å². The molecular formula is C14H15FN4OS. The summed E-state index contributed by atoms with van der Waals surface area (Å²) >= 11 is 5.32. The molecule has 0 saturated heterocycles. The number of hydrogen-bond acceptors (Lipinski definition) is 3. The third kappa shape index (κ3) is 2.44. The summed E-state index contributed by atoms with van der Waals surface area (Å²) < 4.78 is 23.2. The van der Waals surface area contributed by atoms with Gasteiger partial charge >= 0.3 is 0 Å². The molecule has 1 N–H and O–H groups in total. The molecule has 0 amide bonds. The van der Waals surface area contributed by atoms with Crippen molar-refractivity contribution in [2.75, 3.05) is 7.11 Å². The normalized spacial score (nSPS) is 11.2. The molecule has 0 aliphatic carbocycles. The number of imidazole rings is 2. The summed E-state index contributed by atoms with van der Waals surface area (Å²) in [5.41, 5.74) is 1.49. The van der Waals surface area contributed by atoms with E-state index in [1.54, 1.807) is 12.3 Å². The van der Waals surface area contributed by atoms with Crippen molar-refractivity contribution < 1.29 is 9.13 Å². The minimum absolute atomic E-state index is 0.210. The van der Waals surface area contributed by atoms with Crippen molar-refractivity contribution in [2.24, 2.45) is 7.05 Å². The van der Waals surface area contributed by atoms with Crippen molar-refractivity contribution in [2.45, 2.75) is 13.0 Å². The summed E-state index contributed by atoms with van der Waals surface area (Å²) in [6.45, 7) is 0.665. The summed E-state index contributed by atoms with van der Waals surface area (Å²) in [7, 11) is 3.40. The number of nitrogens with one attached hydrogen (secondary N) is 1. The third-order valence-corrected chi connectivity index (χ3v) is 3.85. The number of hydrogen-bond donors (Lipinski definition) is 1. The highest BCUT2D eigenvalue weighted by atomic mass is 32.1. The number of aromatic amines is 1. The molecule has 0 saturated carbocycles. The van der Waals surface area contributed by atoms with Gasteiger partial charge in [0.15, 0.2) is 16.3 Å². The van der Waals surface area contributed by atoms with Crippen LogP contribution in [0.2, 0.25) is 0 Å². The molecule has 21 heavy (non-hydrogen) atoms. The van der Waals surface area contributed by atoms with Crippen molar-refractivity contribution in [1.29, 1.82) is 0 Å². The SMILES string of the molecule is COc1cc2c(cc1F)[nH]c(=S)n2CCc1nccn1C. The lowest BCUT2D eigenvalue weighted by Gasteiger charge is -2.07. The van der Waals surface area contributed by atoms with Gasteiger partial charge in [-0.2, -0.15) is 0 Å². The number of aromatic nitrogens is 4. The monoisotopic (exact) mass is 306 g/mol. The molecule has 0 bridgehead atoms. The van der Waals surface area contributed by atoms with E-state index in [2.05, 4.69) is 9.97 Å². The number of ether oxygens (including phenoxy) is 1. The van der Waals surface area contributed by atoms with Crippen LogP contribution in [-0.2, 0) is 20.0 Å². The van der Waals surface area contributed by atoms with Gasteiger partial charge in [-0.1, -0.05) is 0 Å². The number of aryl methyl sites for hydroxylation is 3. The number of benzene rings is 1. The summed E-state index contributed by atoms with van der Waals surface area (Å²) in [5.74, 6) is 0.778. The van der Waals surface area contributed by atoms with Gasteiger partial charge in [-0.25, -0.2) is 9.37 Å². The summed E-state index contributed by atoms with van der Waals surface area (Å²) in [5, 5.41) is 0. The van der Waals surface area contributed by atoms with Crippen LogP contribution in [0.4, 0.5) is 4.39 Å². The average Bonchev–Trinajstić information content (AvgIpc) is 2.98. The first kappa shape index (κ1) is 13.8. The smallest absolute Gasteiger partial charge is 0.178 e. The second-order valence-electron chi connectivity index (χ2n) is 4.79. The van der Waals surface area contributed by atoms with E-state index in [1.165, 1.54) is 13.2 Å². The number of halogens is 1. The molecule has 0 atom stereocenters. The quantitative estimate of drug-likeness (QED) is 0.754. The number of nitrogens with zero attached hydrogens (tertiary/aromatic N) is 3. The van der Waals surface area contributed by atoms with Gasteiger partial charge in [0.2, 0.25) is 0 Å². The lowest BCUT2D eigenvalue weighted by Crippen LogP contribution is -2.05. The summed E-state index contributed by atoms with van der Waals surface area (Å²) in [6, 6.07) is 3.07. The van der Waals surface area contributed by atoms with E-state index in [4.69, 9.17) is 17.0 Å². The second-order valence-corrected chi connectivity index (χ2v) is 5.18. The highest BCUT2D eigenvalue weighted by Crippen LogP contribution is 2.24. The zero-order chi connectivity index (χ0) is 15.0. The minimum Gasteiger partial charge on any atom is -0.494 e. The molecule has 3 aromatic rings. The van der Waals surface area contributed by atoms with E-state index >= 15 is 0 Å². The predicted molar refractivity (Wildman–Crippen MR) is 80.5 cm³/mol. The zero-order valence-corrected chi connectivity index (χ0v) is 12.6. The molecule has 2 heterocycles.